The lowest BCUT2D eigenvalue weighted by Gasteiger charge is -2.05. The van der Waals surface area contributed by atoms with Gasteiger partial charge in [-0.3, -0.25) is 4.79 Å². The largest absolute Gasteiger partial charge is 0.586 e. The van der Waals surface area contributed by atoms with Crippen LogP contribution in [0.25, 0.3) is 0 Å². The minimum absolute atomic E-state index is 0.124. The van der Waals surface area contributed by atoms with Crippen LogP contribution in [0, 0.1) is 17.2 Å². The first-order valence-corrected chi connectivity index (χ1v) is 5.30. The van der Waals surface area contributed by atoms with E-state index in [1.54, 1.807) is 6.92 Å². The van der Waals surface area contributed by atoms with Crippen molar-refractivity contribution in [2.75, 3.05) is 0 Å². The average Bonchev–Trinajstić information content (AvgIpc) is 2.63. The van der Waals surface area contributed by atoms with Crippen molar-refractivity contribution >= 4 is 5.78 Å². The van der Waals surface area contributed by atoms with Gasteiger partial charge in [0.15, 0.2) is 17.3 Å². The average molecular weight is 253 g/mol. The van der Waals surface area contributed by atoms with E-state index in [9.17, 15) is 13.6 Å². The summed E-state index contributed by atoms with van der Waals surface area (Å²) in [6.45, 7) is 1.70. The third-order valence-corrected chi connectivity index (χ3v) is 2.57. The first kappa shape index (κ1) is 12.3. The Morgan fingerprint density at radius 2 is 2.11 bits per heavy atom. The number of halogens is 2. The quantitative estimate of drug-likeness (QED) is 0.777. The van der Waals surface area contributed by atoms with Gasteiger partial charge in [-0.2, -0.15) is 5.26 Å². The minimum atomic E-state index is -3.70. The van der Waals surface area contributed by atoms with Crippen LogP contribution in [0.3, 0.4) is 0 Å². The van der Waals surface area contributed by atoms with Crippen LogP contribution in [0.4, 0.5) is 8.78 Å². The zero-order valence-corrected chi connectivity index (χ0v) is 9.44. The van der Waals surface area contributed by atoms with E-state index in [0.29, 0.717) is 6.42 Å². The number of nitrogens with zero attached hydrogens (tertiary/aromatic N) is 1. The Hall–Kier alpha value is -2.16. The number of hydrogen-bond acceptors (Lipinski definition) is 4. The number of benzene rings is 1. The fraction of sp³-hybridized carbons (Fsp3) is 0.333. The van der Waals surface area contributed by atoms with Crippen LogP contribution in [-0.2, 0) is 0 Å². The second-order valence-electron chi connectivity index (χ2n) is 3.78. The van der Waals surface area contributed by atoms with Crippen molar-refractivity contribution in [1.29, 1.82) is 5.26 Å². The van der Waals surface area contributed by atoms with Gasteiger partial charge in [-0.1, -0.05) is 6.92 Å². The van der Waals surface area contributed by atoms with Crippen LogP contribution in [0.2, 0.25) is 0 Å². The van der Waals surface area contributed by atoms with Gasteiger partial charge in [-0.25, -0.2) is 0 Å². The van der Waals surface area contributed by atoms with E-state index in [-0.39, 0.29) is 17.1 Å². The number of nitriles is 1. The highest BCUT2D eigenvalue weighted by Gasteiger charge is 2.43. The molecular formula is C12H9F2NO3. The van der Waals surface area contributed by atoms with E-state index in [1.807, 2.05) is 6.07 Å². The number of alkyl halides is 2. The molecule has 1 aromatic rings. The van der Waals surface area contributed by atoms with Gasteiger partial charge in [0, 0.05) is 5.56 Å². The normalized spacial score (nSPS) is 17.0. The summed E-state index contributed by atoms with van der Waals surface area (Å²) < 4.78 is 34.0. The number of rotatable bonds is 3. The maximum Gasteiger partial charge on any atom is 0.586 e. The third kappa shape index (κ3) is 2.12. The minimum Gasteiger partial charge on any atom is -0.395 e. The monoisotopic (exact) mass is 253 g/mol. The van der Waals surface area contributed by atoms with Crippen molar-refractivity contribution in [3.05, 3.63) is 23.8 Å². The number of ether oxygens (including phenoxy) is 2. The number of hydrogen-bond donors (Lipinski definition) is 0. The van der Waals surface area contributed by atoms with Crippen molar-refractivity contribution in [1.82, 2.24) is 0 Å². The van der Waals surface area contributed by atoms with Gasteiger partial charge in [-0.15, -0.1) is 8.78 Å². The molecule has 1 atom stereocenters. The van der Waals surface area contributed by atoms with Crippen molar-refractivity contribution in [2.24, 2.45) is 5.92 Å². The Morgan fingerprint density at radius 3 is 2.72 bits per heavy atom. The molecule has 1 aromatic carbocycles. The molecule has 0 amide bonds. The first-order chi connectivity index (χ1) is 8.46. The number of Topliss-reactive ketones (excluding diaryl/α,β-unsaturated/α-hetero) is 1. The highest BCUT2D eigenvalue weighted by molar-refractivity contribution is 5.99. The van der Waals surface area contributed by atoms with E-state index in [2.05, 4.69) is 9.47 Å². The Bertz CT molecular complexity index is 537. The van der Waals surface area contributed by atoms with Crippen molar-refractivity contribution in [3.63, 3.8) is 0 Å². The molecule has 4 nitrogen and oxygen atoms in total. The zero-order chi connectivity index (χ0) is 13.3. The molecule has 0 spiro atoms. The van der Waals surface area contributed by atoms with Gasteiger partial charge in [-0.05, 0) is 24.6 Å². The third-order valence-electron chi connectivity index (χ3n) is 2.57. The molecule has 94 valence electrons. The van der Waals surface area contributed by atoms with Crippen LogP contribution in [-0.4, -0.2) is 12.1 Å². The Labute approximate surface area is 102 Å². The van der Waals surface area contributed by atoms with Crippen molar-refractivity contribution < 1.29 is 23.0 Å². The Balaban J connectivity index is 2.30. The SMILES string of the molecule is CCC(C#N)C(=O)c1ccc2c(c1)OC(F)(F)O2. The van der Waals surface area contributed by atoms with Crippen LogP contribution < -0.4 is 9.47 Å². The molecule has 0 aliphatic carbocycles. The second-order valence-corrected chi connectivity index (χ2v) is 3.78. The lowest BCUT2D eigenvalue weighted by atomic mass is 9.96. The molecular weight excluding hydrogens is 244 g/mol. The van der Waals surface area contributed by atoms with E-state index >= 15 is 0 Å². The predicted octanol–water partition coefficient (Wildman–Crippen LogP) is 2.74. The Kier molecular flexibility index (Phi) is 2.91. The summed E-state index contributed by atoms with van der Waals surface area (Å²) in [7, 11) is 0. The molecule has 1 unspecified atom stereocenters. The fourth-order valence-corrected chi connectivity index (χ4v) is 1.64. The molecule has 0 N–H and O–H groups in total. The maximum absolute atomic E-state index is 12.8. The van der Waals surface area contributed by atoms with Crippen molar-refractivity contribution in [2.45, 2.75) is 19.6 Å². The van der Waals surface area contributed by atoms with Crippen LogP contribution >= 0.6 is 0 Å². The number of fused-ring (bicyclic) bond motifs is 1. The van der Waals surface area contributed by atoms with Crippen LogP contribution in [0.5, 0.6) is 11.5 Å². The fourth-order valence-electron chi connectivity index (χ4n) is 1.64. The summed E-state index contributed by atoms with van der Waals surface area (Å²) in [5, 5.41) is 8.79. The smallest absolute Gasteiger partial charge is 0.395 e. The molecule has 0 saturated heterocycles. The molecule has 1 heterocycles. The number of carbonyl (C=O) groups is 1. The lowest BCUT2D eigenvalue weighted by Crippen LogP contribution is -2.25. The predicted molar refractivity (Wildman–Crippen MR) is 56.4 cm³/mol. The molecule has 0 radical (unpaired) electrons. The van der Waals surface area contributed by atoms with E-state index in [0.717, 1.165) is 0 Å². The van der Waals surface area contributed by atoms with Gasteiger partial charge in [0.2, 0.25) is 0 Å². The highest BCUT2D eigenvalue weighted by atomic mass is 19.3. The number of carbonyl (C=O) groups excluding carboxylic acids is 1. The van der Waals surface area contributed by atoms with Gasteiger partial charge >= 0.3 is 6.29 Å². The standard InChI is InChI=1S/C12H9F2NO3/c1-2-7(6-15)11(16)8-3-4-9-10(5-8)18-12(13,14)17-9/h3-5,7H,2H2,1H3. The summed E-state index contributed by atoms with van der Waals surface area (Å²) in [5.41, 5.74) is 0.156. The van der Waals surface area contributed by atoms with Crippen LogP contribution in [0.1, 0.15) is 23.7 Å². The summed E-state index contributed by atoms with van der Waals surface area (Å²) in [5.74, 6) is -1.52. The topological polar surface area (TPSA) is 59.3 Å². The molecule has 1 aliphatic heterocycles. The molecule has 6 heteroatoms. The Morgan fingerprint density at radius 1 is 1.44 bits per heavy atom. The molecule has 0 bridgehead atoms. The van der Waals surface area contributed by atoms with Crippen LogP contribution in [0.15, 0.2) is 18.2 Å². The van der Waals surface area contributed by atoms with Gasteiger partial charge in [0.1, 0.15) is 5.92 Å². The highest BCUT2D eigenvalue weighted by Crippen LogP contribution is 2.41. The van der Waals surface area contributed by atoms with E-state index < -0.39 is 18.0 Å². The molecule has 0 fully saturated rings. The molecule has 2 rings (SSSR count). The summed E-state index contributed by atoms with van der Waals surface area (Å²) in [4.78, 5) is 11.9. The number of ketones is 1. The van der Waals surface area contributed by atoms with Gasteiger partial charge in [0.05, 0.1) is 6.07 Å². The van der Waals surface area contributed by atoms with Gasteiger partial charge in [0.25, 0.3) is 0 Å². The first-order valence-electron chi connectivity index (χ1n) is 5.30. The summed E-state index contributed by atoms with van der Waals surface area (Å²) in [6.07, 6.45) is -3.34. The summed E-state index contributed by atoms with van der Waals surface area (Å²) >= 11 is 0. The molecule has 18 heavy (non-hydrogen) atoms. The van der Waals surface area contributed by atoms with E-state index in [1.165, 1.54) is 18.2 Å². The molecule has 1 aliphatic rings. The van der Waals surface area contributed by atoms with Gasteiger partial charge < -0.3 is 9.47 Å². The molecule has 0 saturated carbocycles. The lowest BCUT2D eigenvalue weighted by molar-refractivity contribution is -0.286. The maximum atomic E-state index is 12.8. The summed E-state index contributed by atoms with van der Waals surface area (Å²) in [6, 6.07) is 5.60. The second kappa shape index (κ2) is 4.26. The molecule has 0 aromatic heterocycles. The van der Waals surface area contributed by atoms with E-state index in [4.69, 9.17) is 5.26 Å². The zero-order valence-electron chi connectivity index (χ0n) is 9.44. The van der Waals surface area contributed by atoms with Crippen molar-refractivity contribution in [3.8, 4) is 17.6 Å².